The van der Waals surface area contributed by atoms with E-state index in [1.807, 2.05) is 42.5 Å². The minimum absolute atomic E-state index is 0.207. The Morgan fingerprint density at radius 1 is 0.893 bits per heavy atom. The van der Waals surface area contributed by atoms with Gasteiger partial charge in [0, 0.05) is 23.2 Å². The smallest absolute Gasteiger partial charge is 0.161 e. The van der Waals surface area contributed by atoms with Gasteiger partial charge in [-0.3, -0.25) is 0 Å². The molecule has 0 spiro atoms. The molecule has 0 aliphatic carbocycles. The summed E-state index contributed by atoms with van der Waals surface area (Å²) in [4.78, 5) is 0. The Bertz CT molecular complexity index is 906. The highest BCUT2D eigenvalue weighted by Crippen LogP contribution is 2.33. The summed E-state index contributed by atoms with van der Waals surface area (Å²) < 4.78 is 21.7. The van der Waals surface area contributed by atoms with E-state index in [2.05, 4.69) is 17.5 Å². The zero-order valence-corrected chi connectivity index (χ0v) is 16.9. The second kappa shape index (κ2) is 8.69. The molecule has 0 saturated heterocycles. The fourth-order valence-electron chi connectivity index (χ4n) is 3.20. The standard InChI is InChI=1S/C22H26N2O4/c1-14-10-16-11-21(27-4)22(28-5)13-18(16)19(24-23-14)9-7-15-6-8-17(25-2)12-20(15)26-3/h6-9,11-14,23H,10H2,1-5H3. The van der Waals surface area contributed by atoms with Crippen molar-refractivity contribution < 1.29 is 18.9 Å². The second-order valence-electron chi connectivity index (χ2n) is 6.54. The van der Waals surface area contributed by atoms with Crippen molar-refractivity contribution >= 4 is 11.8 Å². The fraction of sp³-hybridized carbons (Fsp3) is 0.318. The zero-order valence-electron chi connectivity index (χ0n) is 16.9. The SMILES string of the molecule is COc1ccc(C=CC2=NNC(C)Cc3cc(OC)c(OC)cc32)c(OC)c1. The Morgan fingerprint density at radius 3 is 2.29 bits per heavy atom. The van der Waals surface area contributed by atoms with Gasteiger partial charge in [0.05, 0.1) is 34.2 Å². The van der Waals surface area contributed by atoms with E-state index >= 15 is 0 Å². The number of allylic oxidation sites excluding steroid dienone is 1. The van der Waals surface area contributed by atoms with Gasteiger partial charge in [-0.25, -0.2) is 0 Å². The average Bonchev–Trinajstić information content (AvgIpc) is 2.88. The molecule has 148 valence electrons. The van der Waals surface area contributed by atoms with Gasteiger partial charge < -0.3 is 24.4 Å². The van der Waals surface area contributed by atoms with Crippen LogP contribution in [0.4, 0.5) is 0 Å². The van der Waals surface area contributed by atoms with Crippen LogP contribution in [0.5, 0.6) is 23.0 Å². The molecule has 2 aromatic carbocycles. The summed E-state index contributed by atoms with van der Waals surface area (Å²) >= 11 is 0. The normalized spacial score (nSPS) is 15.9. The second-order valence-corrected chi connectivity index (χ2v) is 6.54. The van der Waals surface area contributed by atoms with Gasteiger partial charge in [0.1, 0.15) is 11.5 Å². The molecule has 0 saturated carbocycles. The van der Waals surface area contributed by atoms with E-state index in [9.17, 15) is 0 Å². The Morgan fingerprint density at radius 2 is 1.61 bits per heavy atom. The summed E-state index contributed by atoms with van der Waals surface area (Å²) in [7, 11) is 6.56. The lowest BCUT2D eigenvalue weighted by molar-refractivity contribution is 0.354. The van der Waals surface area contributed by atoms with Crippen molar-refractivity contribution in [3.8, 4) is 23.0 Å². The molecule has 28 heavy (non-hydrogen) atoms. The molecule has 6 heteroatoms. The summed E-state index contributed by atoms with van der Waals surface area (Å²) in [6.07, 6.45) is 4.79. The van der Waals surface area contributed by atoms with Crippen LogP contribution >= 0.6 is 0 Å². The number of hydrogen-bond donors (Lipinski definition) is 1. The number of nitrogens with one attached hydrogen (secondary N) is 1. The fourth-order valence-corrected chi connectivity index (χ4v) is 3.20. The van der Waals surface area contributed by atoms with Crippen molar-refractivity contribution in [3.05, 3.63) is 53.1 Å². The lowest BCUT2D eigenvalue weighted by Crippen LogP contribution is -2.21. The topological polar surface area (TPSA) is 61.3 Å². The van der Waals surface area contributed by atoms with Crippen molar-refractivity contribution in [2.45, 2.75) is 19.4 Å². The number of benzene rings is 2. The number of ether oxygens (including phenoxy) is 4. The highest BCUT2D eigenvalue weighted by atomic mass is 16.5. The molecule has 0 radical (unpaired) electrons. The summed E-state index contributed by atoms with van der Waals surface area (Å²) in [5.74, 6) is 2.88. The third-order valence-electron chi connectivity index (χ3n) is 4.68. The van der Waals surface area contributed by atoms with Crippen LogP contribution in [-0.4, -0.2) is 40.2 Å². The van der Waals surface area contributed by atoms with Crippen LogP contribution in [0.3, 0.4) is 0 Å². The minimum atomic E-state index is 0.207. The first-order chi connectivity index (χ1) is 13.6. The zero-order chi connectivity index (χ0) is 20.1. The average molecular weight is 382 g/mol. The molecular weight excluding hydrogens is 356 g/mol. The Kier molecular flexibility index (Phi) is 6.09. The number of fused-ring (bicyclic) bond motifs is 1. The van der Waals surface area contributed by atoms with Gasteiger partial charge in [-0.2, -0.15) is 5.10 Å². The quantitative estimate of drug-likeness (QED) is 0.826. The first kappa shape index (κ1) is 19.6. The maximum absolute atomic E-state index is 5.48. The molecule has 1 atom stereocenters. The number of methoxy groups -OCH3 is 4. The van der Waals surface area contributed by atoms with E-state index in [0.29, 0.717) is 5.75 Å². The molecule has 1 heterocycles. The number of rotatable bonds is 6. The van der Waals surface area contributed by atoms with E-state index < -0.39 is 0 Å². The van der Waals surface area contributed by atoms with E-state index in [1.165, 1.54) is 0 Å². The molecule has 0 amide bonds. The van der Waals surface area contributed by atoms with Crippen LogP contribution < -0.4 is 24.4 Å². The molecular formula is C22H26N2O4. The lowest BCUT2D eigenvalue weighted by atomic mass is 9.97. The molecule has 2 aromatic rings. The van der Waals surface area contributed by atoms with Gasteiger partial charge in [-0.15, -0.1) is 0 Å². The highest BCUT2D eigenvalue weighted by Gasteiger charge is 2.19. The molecule has 0 aromatic heterocycles. The summed E-state index contributed by atoms with van der Waals surface area (Å²) in [5, 5.41) is 4.60. The van der Waals surface area contributed by atoms with Gasteiger partial charge >= 0.3 is 0 Å². The van der Waals surface area contributed by atoms with Gasteiger partial charge in [-0.1, -0.05) is 0 Å². The highest BCUT2D eigenvalue weighted by molar-refractivity contribution is 6.12. The monoisotopic (exact) mass is 382 g/mol. The largest absolute Gasteiger partial charge is 0.497 e. The van der Waals surface area contributed by atoms with Crippen molar-refractivity contribution in [1.29, 1.82) is 0 Å². The van der Waals surface area contributed by atoms with Crippen molar-refractivity contribution in [2.24, 2.45) is 5.10 Å². The number of hydrazone groups is 1. The van der Waals surface area contributed by atoms with Gasteiger partial charge in [-0.05, 0) is 55.3 Å². The van der Waals surface area contributed by atoms with Crippen LogP contribution in [0.1, 0.15) is 23.6 Å². The maximum atomic E-state index is 5.48. The van der Waals surface area contributed by atoms with E-state index in [1.54, 1.807) is 28.4 Å². The Balaban J connectivity index is 2.02. The molecule has 0 bridgehead atoms. The van der Waals surface area contributed by atoms with Gasteiger partial charge in [0.25, 0.3) is 0 Å². The summed E-state index contributed by atoms with van der Waals surface area (Å²) in [5.41, 5.74) is 7.12. The Hall–Kier alpha value is -3.15. The van der Waals surface area contributed by atoms with Crippen LogP contribution in [0.15, 0.2) is 41.5 Å². The third kappa shape index (κ3) is 4.06. The van der Waals surface area contributed by atoms with Crippen LogP contribution in [-0.2, 0) is 6.42 Å². The molecule has 1 N–H and O–H groups in total. The van der Waals surface area contributed by atoms with Crippen molar-refractivity contribution in [3.63, 3.8) is 0 Å². The van der Waals surface area contributed by atoms with Crippen LogP contribution in [0.2, 0.25) is 0 Å². The van der Waals surface area contributed by atoms with Crippen molar-refractivity contribution in [2.75, 3.05) is 28.4 Å². The lowest BCUT2D eigenvalue weighted by Gasteiger charge is -2.14. The van der Waals surface area contributed by atoms with E-state index in [4.69, 9.17) is 18.9 Å². The maximum Gasteiger partial charge on any atom is 0.161 e. The van der Waals surface area contributed by atoms with E-state index in [0.717, 1.165) is 46.1 Å². The van der Waals surface area contributed by atoms with Gasteiger partial charge in [0.15, 0.2) is 11.5 Å². The predicted molar refractivity (Wildman–Crippen MR) is 111 cm³/mol. The first-order valence-corrected chi connectivity index (χ1v) is 9.08. The van der Waals surface area contributed by atoms with E-state index in [-0.39, 0.29) is 6.04 Å². The first-order valence-electron chi connectivity index (χ1n) is 9.08. The third-order valence-corrected chi connectivity index (χ3v) is 4.68. The molecule has 1 aliphatic rings. The Labute approximate surface area is 165 Å². The molecule has 1 unspecified atom stereocenters. The molecule has 1 aliphatic heterocycles. The summed E-state index contributed by atoms with van der Waals surface area (Å²) in [6.45, 7) is 2.10. The van der Waals surface area contributed by atoms with Crippen LogP contribution in [0.25, 0.3) is 6.08 Å². The molecule has 0 fully saturated rings. The number of hydrogen-bond acceptors (Lipinski definition) is 6. The minimum Gasteiger partial charge on any atom is -0.497 e. The van der Waals surface area contributed by atoms with Crippen LogP contribution in [0, 0.1) is 0 Å². The van der Waals surface area contributed by atoms with Gasteiger partial charge in [0.2, 0.25) is 0 Å². The van der Waals surface area contributed by atoms with Crippen molar-refractivity contribution in [1.82, 2.24) is 5.43 Å². The molecule has 3 rings (SSSR count). The molecule has 6 nitrogen and oxygen atoms in total. The summed E-state index contributed by atoms with van der Waals surface area (Å²) in [6, 6.07) is 9.92. The predicted octanol–water partition coefficient (Wildman–Crippen LogP) is 3.67. The number of nitrogens with zero attached hydrogens (tertiary/aromatic N) is 1.